The van der Waals surface area contributed by atoms with Crippen LogP contribution in [0, 0.1) is 0 Å². The number of piperidine rings is 1. The molecule has 0 saturated carbocycles. The van der Waals surface area contributed by atoms with Crippen molar-refractivity contribution in [1.29, 1.82) is 0 Å². The van der Waals surface area contributed by atoms with E-state index in [1.165, 1.54) is 35.8 Å². The van der Waals surface area contributed by atoms with Crippen molar-refractivity contribution in [2.75, 3.05) is 13.2 Å². The number of benzene rings is 1. The average molecular weight is 398 g/mol. The maximum Gasteiger partial charge on any atom is 0.192 e. The molecular formula is C19H32BrNOSi. The molecule has 0 amide bonds. The van der Waals surface area contributed by atoms with Crippen LogP contribution in [-0.4, -0.2) is 32.4 Å². The van der Waals surface area contributed by atoms with Gasteiger partial charge in [-0.1, -0.05) is 61.3 Å². The van der Waals surface area contributed by atoms with E-state index in [9.17, 15) is 0 Å². The van der Waals surface area contributed by atoms with Crippen molar-refractivity contribution in [3.05, 3.63) is 34.3 Å². The van der Waals surface area contributed by atoms with Gasteiger partial charge in [0, 0.05) is 23.7 Å². The maximum atomic E-state index is 6.52. The zero-order chi connectivity index (χ0) is 17.1. The Balaban J connectivity index is 2.00. The Morgan fingerprint density at radius 2 is 1.91 bits per heavy atom. The zero-order valence-electron chi connectivity index (χ0n) is 15.4. The summed E-state index contributed by atoms with van der Waals surface area (Å²) in [7, 11) is -1.66. The third-order valence-corrected chi connectivity index (χ3v) is 10.8. The first-order chi connectivity index (χ1) is 10.7. The molecule has 1 fully saturated rings. The molecule has 0 bridgehead atoms. The van der Waals surface area contributed by atoms with E-state index in [1.54, 1.807) is 0 Å². The molecule has 23 heavy (non-hydrogen) atoms. The molecule has 4 heteroatoms. The molecule has 0 aliphatic carbocycles. The highest BCUT2D eigenvalue weighted by atomic mass is 79.9. The fraction of sp³-hybridized carbons (Fsp3) is 0.684. The van der Waals surface area contributed by atoms with Crippen LogP contribution >= 0.6 is 15.9 Å². The van der Waals surface area contributed by atoms with Crippen molar-refractivity contribution in [3.63, 3.8) is 0 Å². The van der Waals surface area contributed by atoms with E-state index in [4.69, 9.17) is 4.43 Å². The summed E-state index contributed by atoms with van der Waals surface area (Å²) in [5.41, 5.74) is 1.38. The summed E-state index contributed by atoms with van der Waals surface area (Å²) in [6.07, 6.45) is 3.90. The van der Waals surface area contributed by atoms with Crippen molar-refractivity contribution in [3.8, 4) is 0 Å². The molecule has 1 atom stereocenters. The van der Waals surface area contributed by atoms with Crippen LogP contribution in [0.5, 0.6) is 0 Å². The van der Waals surface area contributed by atoms with Gasteiger partial charge >= 0.3 is 0 Å². The van der Waals surface area contributed by atoms with Gasteiger partial charge in [-0.3, -0.25) is 4.90 Å². The monoisotopic (exact) mass is 397 g/mol. The van der Waals surface area contributed by atoms with Crippen LogP contribution in [0.3, 0.4) is 0 Å². The van der Waals surface area contributed by atoms with Gasteiger partial charge in [0.2, 0.25) is 0 Å². The van der Waals surface area contributed by atoms with Gasteiger partial charge in [0.1, 0.15) is 0 Å². The highest BCUT2D eigenvalue weighted by Gasteiger charge is 2.38. The van der Waals surface area contributed by atoms with Crippen LogP contribution in [0.15, 0.2) is 28.7 Å². The predicted octanol–water partition coefficient (Wildman–Crippen LogP) is 5.83. The minimum atomic E-state index is -1.66. The van der Waals surface area contributed by atoms with E-state index >= 15 is 0 Å². The third-order valence-electron chi connectivity index (χ3n) is 5.52. The van der Waals surface area contributed by atoms with E-state index in [1.807, 2.05) is 0 Å². The largest absolute Gasteiger partial charge is 0.415 e. The van der Waals surface area contributed by atoms with Gasteiger partial charge in [-0.25, -0.2) is 0 Å². The summed E-state index contributed by atoms with van der Waals surface area (Å²) in [6, 6.07) is 9.14. The number of likely N-dealkylation sites (tertiary alicyclic amines) is 1. The molecule has 1 saturated heterocycles. The first-order valence-corrected chi connectivity index (χ1v) is 12.5. The second-order valence-corrected chi connectivity index (χ2v) is 13.9. The Bertz CT molecular complexity index is 512. The Morgan fingerprint density at radius 1 is 1.22 bits per heavy atom. The molecule has 1 aromatic carbocycles. The number of hydrogen-bond acceptors (Lipinski definition) is 2. The summed E-state index contributed by atoms with van der Waals surface area (Å²) < 4.78 is 7.73. The molecule has 2 nitrogen and oxygen atoms in total. The Labute approximate surface area is 151 Å². The molecule has 0 spiro atoms. The van der Waals surface area contributed by atoms with E-state index in [0.29, 0.717) is 6.04 Å². The Kier molecular flexibility index (Phi) is 6.51. The van der Waals surface area contributed by atoms with Crippen LogP contribution in [0.2, 0.25) is 18.1 Å². The lowest BCUT2D eigenvalue weighted by Crippen LogP contribution is -2.47. The molecule has 0 radical (unpaired) electrons. The molecule has 2 rings (SSSR count). The molecular weight excluding hydrogens is 366 g/mol. The summed E-state index contributed by atoms with van der Waals surface area (Å²) in [4.78, 5) is 2.62. The van der Waals surface area contributed by atoms with Gasteiger partial charge in [0.15, 0.2) is 8.32 Å². The van der Waals surface area contributed by atoms with Crippen LogP contribution in [0.4, 0.5) is 0 Å². The normalized spacial score (nSPS) is 20.7. The highest BCUT2D eigenvalue weighted by molar-refractivity contribution is 9.10. The SMILES string of the molecule is CC(C)(C)[Si](C)(C)OC[C@H]1CCCCN1Cc1ccccc1Br. The molecule has 1 aromatic rings. The Hall–Kier alpha value is -0.163. The number of rotatable bonds is 5. The van der Waals surface area contributed by atoms with Crippen LogP contribution in [0.25, 0.3) is 0 Å². The van der Waals surface area contributed by atoms with Crippen LogP contribution in [-0.2, 0) is 11.0 Å². The third kappa shape index (κ3) is 5.15. The first-order valence-electron chi connectivity index (χ1n) is 8.82. The van der Waals surface area contributed by atoms with Crippen LogP contribution in [0.1, 0.15) is 45.6 Å². The minimum Gasteiger partial charge on any atom is -0.415 e. The van der Waals surface area contributed by atoms with E-state index in [2.05, 4.69) is 79.0 Å². The van der Waals surface area contributed by atoms with Gasteiger partial charge in [0.05, 0.1) is 0 Å². The maximum absolute atomic E-state index is 6.52. The summed E-state index contributed by atoms with van der Waals surface area (Å²) >= 11 is 3.69. The van der Waals surface area contributed by atoms with E-state index in [-0.39, 0.29) is 5.04 Å². The minimum absolute atomic E-state index is 0.287. The molecule has 0 N–H and O–H groups in total. The lowest BCUT2D eigenvalue weighted by molar-refractivity contribution is 0.0876. The van der Waals surface area contributed by atoms with Crippen molar-refractivity contribution in [2.45, 2.75) is 70.8 Å². The smallest absolute Gasteiger partial charge is 0.192 e. The standard InChI is InChI=1S/C19H32BrNOSi/c1-19(2,3)23(4,5)22-15-17-11-8-9-13-21(17)14-16-10-6-7-12-18(16)20/h6-7,10,12,17H,8-9,11,13-15H2,1-5H3/t17-/m1/s1. The quantitative estimate of drug-likeness (QED) is 0.579. The molecule has 130 valence electrons. The molecule has 0 aromatic heterocycles. The molecule has 1 heterocycles. The highest BCUT2D eigenvalue weighted by Crippen LogP contribution is 2.37. The van der Waals surface area contributed by atoms with Crippen LogP contribution < -0.4 is 0 Å². The number of halogens is 1. The zero-order valence-corrected chi connectivity index (χ0v) is 17.9. The Morgan fingerprint density at radius 3 is 2.57 bits per heavy atom. The van der Waals surface area contributed by atoms with Gasteiger partial charge in [0.25, 0.3) is 0 Å². The van der Waals surface area contributed by atoms with Gasteiger partial charge in [-0.15, -0.1) is 0 Å². The van der Waals surface area contributed by atoms with Gasteiger partial charge < -0.3 is 4.43 Å². The van der Waals surface area contributed by atoms with Crippen molar-refractivity contribution in [2.24, 2.45) is 0 Å². The molecule has 0 unspecified atom stereocenters. The number of nitrogens with zero attached hydrogens (tertiary/aromatic N) is 1. The summed E-state index contributed by atoms with van der Waals surface area (Å²) in [5.74, 6) is 0. The lowest BCUT2D eigenvalue weighted by Gasteiger charge is -2.41. The summed E-state index contributed by atoms with van der Waals surface area (Å²) in [5, 5.41) is 0.287. The molecule has 1 aliphatic heterocycles. The average Bonchev–Trinajstić information content (AvgIpc) is 2.47. The van der Waals surface area contributed by atoms with E-state index in [0.717, 1.165) is 13.2 Å². The molecule has 1 aliphatic rings. The topological polar surface area (TPSA) is 12.5 Å². The predicted molar refractivity (Wildman–Crippen MR) is 105 cm³/mol. The van der Waals surface area contributed by atoms with Crippen molar-refractivity contribution in [1.82, 2.24) is 4.90 Å². The second-order valence-electron chi connectivity index (χ2n) is 8.28. The fourth-order valence-electron chi connectivity index (χ4n) is 2.82. The number of hydrogen-bond donors (Lipinski definition) is 0. The van der Waals surface area contributed by atoms with Crippen molar-refractivity contribution >= 4 is 24.2 Å². The lowest BCUT2D eigenvalue weighted by atomic mass is 10.0. The first kappa shape index (κ1) is 19.2. The van der Waals surface area contributed by atoms with Gasteiger partial charge in [-0.2, -0.15) is 0 Å². The van der Waals surface area contributed by atoms with Gasteiger partial charge in [-0.05, 0) is 49.1 Å². The van der Waals surface area contributed by atoms with E-state index < -0.39 is 8.32 Å². The summed E-state index contributed by atoms with van der Waals surface area (Å²) in [6.45, 7) is 14.8. The second kappa shape index (κ2) is 7.81. The fourth-order valence-corrected chi connectivity index (χ4v) is 4.28. The van der Waals surface area contributed by atoms with Crippen molar-refractivity contribution < 1.29 is 4.43 Å².